The van der Waals surface area contributed by atoms with Gasteiger partial charge in [0.05, 0.1) is 17.4 Å². The molecule has 0 saturated carbocycles. The number of hydroxylamine groups is 2. The molecular weight excluding hydrogens is 408 g/mol. The molecule has 8 heteroatoms. The molecule has 1 saturated heterocycles. The van der Waals surface area contributed by atoms with Gasteiger partial charge in [-0.25, -0.2) is 9.59 Å². The predicted octanol–water partition coefficient (Wildman–Crippen LogP) is 3.65. The third-order valence-corrected chi connectivity index (χ3v) is 6.11. The molecule has 2 aliphatic heterocycles. The fraction of sp³-hybridized carbons (Fsp3) is 0.294. The summed E-state index contributed by atoms with van der Waals surface area (Å²) in [5, 5.41) is 1.38. The molecule has 4 rings (SSSR count). The van der Waals surface area contributed by atoms with Crippen molar-refractivity contribution < 1.29 is 19.2 Å². The summed E-state index contributed by atoms with van der Waals surface area (Å²) in [6, 6.07) is 10.4. The van der Waals surface area contributed by atoms with Crippen LogP contribution in [0.1, 0.15) is 28.1 Å². The average Bonchev–Trinajstić information content (AvgIpc) is 3.14. The first-order valence-electron chi connectivity index (χ1n) is 7.73. The van der Waals surface area contributed by atoms with Gasteiger partial charge in [-0.2, -0.15) is 5.06 Å². The molecule has 1 fully saturated rings. The van der Waals surface area contributed by atoms with Crippen molar-refractivity contribution in [1.29, 1.82) is 0 Å². The maximum atomic E-state index is 12.8. The zero-order chi connectivity index (χ0) is 17.6. The fourth-order valence-corrected chi connectivity index (χ4v) is 5.06. The van der Waals surface area contributed by atoms with Crippen LogP contribution in [-0.4, -0.2) is 35.6 Å². The highest BCUT2D eigenvalue weighted by atomic mass is 79.9. The summed E-state index contributed by atoms with van der Waals surface area (Å²) < 4.78 is 5.83. The number of benzene rings is 1. The number of amides is 2. The molecule has 2 amide bonds. The van der Waals surface area contributed by atoms with E-state index in [4.69, 9.17) is 9.57 Å². The third-order valence-electron chi connectivity index (χ3n) is 4.40. The number of urea groups is 1. The summed E-state index contributed by atoms with van der Waals surface area (Å²) in [6.07, 6.45) is 0. The lowest BCUT2D eigenvalue weighted by Gasteiger charge is -2.28. The van der Waals surface area contributed by atoms with Crippen LogP contribution in [0.5, 0.6) is 0 Å². The molecule has 25 heavy (non-hydrogen) atoms. The predicted molar refractivity (Wildman–Crippen MR) is 94.7 cm³/mol. The summed E-state index contributed by atoms with van der Waals surface area (Å²) in [6.45, 7) is 0.698. The maximum absolute atomic E-state index is 12.8. The van der Waals surface area contributed by atoms with Crippen molar-refractivity contribution in [2.24, 2.45) is 0 Å². The van der Waals surface area contributed by atoms with Crippen molar-refractivity contribution in [3.63, 3.8) is 0 Å². The quantitative estimate of drug-likeness (QED) is 0.705. The van der Waals surface area contributed by atoms with E-state index >= 15 is 0 Å². The second-order valence-electron chi connectivity index (χ2n) is 5.83. The molecule has 2 aliphatic rings. The van der Waals surface area contributed by atoms with Gasteiger partial charge in [0.25, 0.3) is 0 Å². The Kier molecular flexibility index (Phi) is 4.26. The molecule has 0 spiro atoms. The minimum absolute atomic E-state index is 0.227. The number of carbonyl (C=O) groups excluding carboxylic acids is 2. The molecule has 6 nitrogen and oxygen atoms in total. The molecule has 130 valence electrons. The number of hydrogen-bond donors (Lipinski definition) is 0. The maximum Gasteiger partial charge on any atom is 0.345 e. The van der Waals surface area contributed by atoms with Gasteiger partial charge in [-0.15, -0.1) is 11.3 Å². The molecule has 0 radical (unpaired) electrons. The van der Waals surface area contributed by atoms with Gasteiger partial charge in [-0.1, -0.05) is 30.3 Å². The molecule has 2 aromatic rings. The zero-order valence-electron chi connectivity index (χ0n) is 13.3. The zero-order valence-corrected chi connectivity index (χ0v) is 15.7. The Morgan fingerprint density at radius 2 is 2.12 bits per heavy atom. The first kappa shape index (κ1) is 16.6. The Balaban J connectivity index is 1.64. The number of fused-ring (bicyclic) bond motifs is 4. The molecular formula is C17H15BrN2O4S. The van der Waals surface area contributed by atoms with Crippen LogP contribution in [-0.2, 0) is 21.0 Å². The van der Waals surface area contributed by atoms with Gasteiger partial charge in [0.2, 0.25) is 0 Å². The highest BCUT2D eigenvalue weighted by molar-refractivity contribution is 9.11. The van der Waals surface area contributed by atoms with Crippen LogP contribution in [0.4, 0.5) is 4.79 Å². The molecule has 2 bridgehead atoms. The SMILES string of the molecule is COC(=O)[C@@H]1c2sc(Br)cc2[C@@H]2CN1C(=O)N2OCc1ccccc1. The average molecular weight is 423 g/mol. The number of nitrogens with zero attached hydrogens (tertiary/aromatic N) is 2. The summed E-state index contributed by atoms with van der Waals surface area (Å²) in [5.74, 6) is -0.438. The summed E-state index contributed by atoms with van der Waals surface area (Å²) >= 11 is 4.92. The van der Waals surface area contributed by atoms with Crippen LogP contribution >= 0.6 is 27.3 Å². The Labute approximate surface area is 157 Å². The number of halogens is 1. The normalized spacial score (nSPS) is 21.4. The second-order valence-corrected chi connectivity index (χ2v) is 8.29. The summed E-state index contributed by atoms with van der Waals surface area (Å²) in [7, 11) is 1.33. The fourth-order valence-electron chi connectivity index (χ4n) is 3.25. The van der Waals surface area contributed by atoms with Crippen molar-refractivity contribution in [3.8, 4) is 0 Å². The van der Waals surface area contributed by atoms with Crippen LogP contribution in [0.25, 0.3) is 0 Å². The topological polar surface area (TPSA) is 59.1 Å². The van der Waals surface area contributed by atoms with E-state index in [1.54, 1.807) is 0 Å². The second kappa shape index (κ2) is 6.44. The van der Waals surface area contributed by atoms with Crippen molar-refractivity contribution in [3.05, 3.63) is 56.2 Å². The lowest BCUT2D eigenvalue weighted by Crippen LogP contribution is -2.38. The first-order valence-corrected chi connectivity index (χ1v) is 9.34. The number of esters is 1. The summed E-state index contributed by atoms with van der Waals surface area (Å²) in [5.41, 5.74) is 1.91. The van der Waals surface area contributed by atoms with Crippen molar-refractivity contribution in [2.45, 2.75) is 18.7 Å². The van der Waals surface area contributed by atoms with Gasteiger partial charge in [-0.3, -0.25) is 4.84 Å². The van der Waals surface area contributed by atoms with E-state index in [2.05, 4.69) is 15.9 Å². The van der Waals surface area contributed by atoms with Gasteiger partial charge in [-0.05, 0) is 33.1 Å². The van der Waals surface area contributed by atoms with Crippen LogP contribution < -0.4 is 0 Å². The molecule has 3 heterocycles. The van der Waals surface area contributed by atoms with Gasteiger partial charge in [0, 0.05) is 4.88 Å². The van der Waals surface area contributed by atoms with E-state index in [0.29, 0.717) is 13.2 Å². The minimum Gasteiger partial charge on any atom is -0.467 e. The number of hydrogen-bond acceptors (Lipinski definition) is 5. The molecule has 0 aliphatic carbocycles. The van der Waals surface area contributed by atoms with Gasteiger partial charge < -0.3 is 9.64 Å². The Morgan fingerprint density at radius 3 is 2.84 bits per heavy atom. The van der Waals surface area contributed by atoms with E-state index in [1.807, 2.05) is 36.4 Å². The molecule has 1 aromatic heterocycles. The van der Waals surface area contributed by atoms with E-state index < -0.39 is 12.0 Å². The minimum atomic E-state index is -0.717. The van der Waals surface area contributed by atoms with Crippen LogP contribution in [0, 0.1) is 0 Å². The number of carbonyl (C=O) groups is 2. The third kappa shape index (κ3) is 2.74. The monoisotopic (exact) mass is 422 g/mol. The highest BCUT2D eigenvalue weighted by Gasteiger charge is 2.52. The Bertz CT molecular complexity index is 825. The van der Waals surface area contributed by atoms with Crippen LogP contribution in [0.15, 0.2) is 40.2 Å². The largest absolute Gasteiger partial charge is 0.467 e. The number of methoxy groups -OCH3 is 1. The van der Waals surface area contributed by atoms with Crippen LogP contribution in [0.3, 0.4) is 0 Å². The van der Waals surface area contributed by atoms with Crippen molar-refractivity contribution in [1.82, 2.24) is 9.96 Å². The highest BCUT2D eigenvalue weighted by Crippen LogP contribution is 2.48. The van der Waals surface area contributed by atoms with Crippen LogP contribution in [0.2, 0.25) is 0 Å². The van der Waals surface area contributed by atoms with Gasteiger partial charge in [0.15, 0.2) is 6.04 Å². The van der Waals surface area contributed by atoms with E-state index in [-0.39, 0.29) is 12.1 Å². The Morgan fingerprint density at radius 1 is 1.36 bits per heavy atom. The lowest BCUT2D eigenvalue weighted by molar-refractivity contribution is -0.146. The first-order chi connectivity index (χ1) is 12.1. The van der Waals surface area contributed by atoms with Crippen molar-refractivity contribution >= 4 is 39.3 Å². The Hall–Kier alpha value is -1.90. The summed E-state index contributed by atoms with van der Waals surface area (Å²) in [4.78, 5) is 33.2. The van der Waals surface area contributed by atoms with Gasteiger partial charge in [0.1, 0.15) is 12.6 Å². The lowest BCUT2D eigenvalue weighted by atomic mass is 10.00. The van der Waals surface area contributed by atoms with Gasteiger partial charge >= 0.3 is 12.0 Å². The van der Waals surface area contributed by atoms with E-state index in [0.717, 1.165) is 19.8 Å². The molecule has 1 aromatic carbocycles. The number of rotatable bonds is 4. The number of ether oxygens (including phenoxy) is 1. The van der Waals surface area contributed by atoms with Crippen molar-refractivity contribution in [2.75, 3.05) is 13.7 Å². The standard InChI is InChI=1S/C17H15BrN2O4S/c1-23-16(21)14-15-11(7-13(18)25-15)12-8-19(14)17(22)20(12)24-9-10-5-3-2-4-6-10/h2-7,12,14H,8-9H2,1H3/t12-,14-/m0/s1. The smallest absolute Gasteiger partial charge is 0.345 e. The van der Waals surface area contributed by atoms with E-state index in [1.165, 1.54) is 28.4 Å². The van der Waals surface area contributed by atoms with E-state index in [9.17, 15) is 9.59 Å². The molecule has 2 atom stereocenters. The molecule has 0 unspecified atom stereocenters. The number of thiophene rings is 1. The molecule has 0 N–H and O–H groups in total.